The Labute approximate surface area is 118 Å². The number of nitrogen functional groups attached to an aromatic ring is 1. The van der Waals surface area contributed by atoms with Gasteiger partial charge in [-0.3, -0.25) is 0 Å². The number of hydrogen-bond donors (Lipinski definition) is 1. The third-order valence-electron chi connectivity index (χ3n) is 2.75. The molecule has 0 aliphatic heterocycles. The van der Waals surface area contributed by atoms with Gasteiger partial charge in [0, 0.05) is 11.6 Å². The van der Waals surface area contributed by atoms with Crippen LogP contribution in [0.5, 0.6) is 11.5 Å². The molecular formula is C12H11N5O4. The van der Waals surface area contributed by atoms with Crippen LogP contribution >= 0.6 is 0 Å². The van der Waals surface area contributed by atoms with Crippen LogP contribution in [0, 0.1) is 0 Å². The average molecular weight is 289 g/mol. The molecule has 0 bridgehead atoms. The van der Waals surface area contributed by atoms with Crippen LogP contribution in [-0.4, -0.2) is 34.7 Å². The predicted octanol–water partition coefficient (Wildman–Crippen LogP) is 1.39. The summed E-state index contributed by atoms with van der Waals surface area (Å²) in [5.74, 6) is 1.75. The first-order valence-corrected chi connectivity index (χ1v) is 5.87. The molecule has 0 radical (unpaired) electrons. The molecule has 0 aliphatic carbocycles. The van der Waals surface area contributed by atoms with Crippen LogP contribution in [-0.2, 0) is 0 Å². The minimum atomic E-state index is 0.0885. The van der Waals surface area contributed by atoms with Gasteiger partial charge >= 0.3 is 0 Å². The van der Waals surface area contributed by atoms with E-state index >= 15 is 0 Å². The molecule has 0 fully saturated rings. The molecule has 0 spiro atoms. The first-order valence-electron chi connectivity index (χ1n) is 5.87. The van der Waals surface area contributed by atoms with Gasteiger partial charge < -0.3 is 19.7 Å². The van der Waals surface area contributed by atoms with Gasteiger partial charge in [-0.05, 0) is 22.4 Å². The SMILES string of the molecule is COc1cc(OC)cc(-c2nc(-c3nonc3N)no2)c1. The molecule has 0 amide bonds. The summed E-state index contributed by atoms with van der Waals surface area (Å²) in [6.07, 6.45) is 0. The topological polar surface area (TPSA) is 122 Å². The van der Waals surface area contributed by atoms with E-state index in [1.807, 2.05) is 0 Å². The lowest BCUT2D eigenvalue weighted by Gasteiger charge is -2.05. The van der Waals surface area contributed by atoms with Gasteiger partial charge in [0.1, 0.15) is 11.5 Å². The van der Waals surface area contributed by atoms with E-state index < -0.39 is 0 Å². The number of benzene rings is 1. The van der Waals surface area contributed by atoms with Crippen LogP contribution in [0.15, 0.2) is 27.4 Å². The third kappa shape index (κ3) is 2.36. The highest BCUT2D eigenvalue weighted by atomic mass is 16.6. The van der Waals surface area contributed by atoms with Crippen LogP contribution in [0.2, 0.25) is 0 Å². The molecule has 9 nitrogen and oxygen atoms in total. The maximum atomic E-state index is 5.58. The van der Waals surface area contributed by atoms with Crippen LogP contribution in [0.3, 0.4) is 0 Å². The highest BCUT2D eigenvalue weighted by molar-refractivity contribution is 5.65. The smallest absolute Gasteiger partial charge is 0.258 e. The van der Waals surface area contributed by atoms with Gasteiger partial charge in [-0.15, -0.1) is 0 Å². The van der Waals surface area contributed by atoms with Crippen molar-refractivity contribution in [3.63, 3.8) is 0 Å². The van der Waals surface area contributed by atoms with Crippen LogP contribution in [0.4, 0.5) is 5.82 Å². The number of anilines is 1. The molecule has 9 heteroatoms. The predicted molar refractivity (Wildman–Crippen MR) is 70.5 cm³/mol. The lowest BCUT2D eigenvalue weighted by atomic mass is 10.2. The van der Waals surface area contributed by atoms with E-state index in [1.54, 1.807) is 32.4 Å². The summed E-state index contributed by atoms with van der Waals surface area (Å²) < 4.78 is 20.1. The summed E-state index contributed by atoms with van der Waals surface area (Å²) in [6, 6.07) is 5.22. The number of hydrogen-bond acceptors (Lipinski definition) is 9. The largest absolute Gasteiger partial charge is 0.497 e. The van der Waals surface area contributed by atoms with Crippen LogP contribution in [0.1, 0.15) is 0 Å². The number of ether oxygens (including phenoxy) is 2. The Morgan fingerprint density at radius 2 is 1.71 bits per heavy atom. The van der Waals surface area contributed by atoms with E-state index in [9.17, 15) is 0 Å². The molecule has 3 rings (SSSR count). The van der Waals surface area contributed by atoms with Gasteiger partial charge in [-0.25, -0.2) is 4.63 Å². The van der Waals surface area contributed by atoms with Gasteiger partial charge in [0.2, 0.25) is 5.82 Å². The number of nitrogens with zero attached hydrogens (tertiary/aromatic N) is 4. The van der Waals surface area contributed by atoms with Crippen molar-refractivity contribution in [3.8, 4) is 34.5 Å². The molecule has 2 aromatic heterocycles. The molecule has 0 saturated carbocycles. The molecular weight excluding hydrogens is 278 g/mol. The minimum absolute atomic E-state index is 0.0885. The lowest BCUT2D eigenvalue weighted by molar-refractivity contribution is 0.310. The van der Waals surface area contributed by atoms with Gasteiger partial charge in [0.15, 0.2) is 11.5 Å². The summed E-state index contributed by atoms with van der Waals surface area (Å²) in [7, 11) is 3.11. The number of nitrogens with two attached hydrogens (primary N) is 1. The molecule has 0 atom stereocenters. The summed E-state index contributed by atoms with van der Waals surface area (Å²) in [5, 5.41) is 10.9. The van der Waals surface area contributed by atoms with Crippen molar-refractivity contribution in [1.29, 1.82) is 0 Å². The molecule has 1 aromatic carbocycles. The van der Waals surface area contributed by atoms with Gasteiger partial charge in [-0.1, -0.05) is 5.16 Å². The van der Waals surface area contributed by atoms with Crippen molar-refractivity contribution in [3.05, 3.63) is 18.2 Å². The fourth-order valence-corrected chi connectivity index (χ4v) is 1.72. The van der Waals surface area contributed by atoms with Crippen molar-refractivity contribution in [1.82, 2.24) is 20.5 Å². The second-order valence-corrected chi connectivity index (χ2v) is 4.02. The van der Waals surface area contributed by atoms with E-state index in [-0.39, 0.29) is 23.2 Å². The Kier molecular flexibility index (Phi) is 3.14. The molecule has 2 heterocycles. The van der Waals surface area contributed by atoms with Crippen molar-refractivity contribution in [2.24, 2.45) is 0 Å². The maximum absolute atomic E-state index is 5.58. The normalized spacial score (nSPS) is 10.6. The second-order valence-electron chi connectivity index (χ2n) is 4.02. The standard InChI is InChI=1S/C12H11N5O4/c1-18-7-3-6(4-8(5-7)19-2)12-14-11(17-20-12)9-10(13)16-21-15-9/h3-5H,1-2H3,(H2,13,16). The molecule has 3 aromatic rings. The molecule has 0 unspecified atom stereocenters. The first-order chi connectivity index (χ1) is 10.2. The Morgan fingerprint density at radius 1 is 1.00 bits per heavy atom. The van der Waals surface area contributed by atoms with E-state index in [4.69, 9.17) is 19.7 Å². The van der Waals surface area contributed by atoms with Crippen molar-refractivity contribution in [2.75, 3.05) is 20.0 Å². The number of methoxy groups -OCH3 is 2. The Balaban J connectivity index is 2.02. The highest BCUT2D eigenvalue weighted by Gasteiger charge is 2.18. The Morgan fingerprint density at radius 3 is 2.29 bits per heavy atom. The fourth-order valence-electron chi connectivity index (χ4n) is 1.72. The van der Waals surface area contributed by atoms with Crippen molar-refractivity contribution in [2.45, 2.75) is 0 Å². The molecule has 21 heavy (non-hydrogen) atoms. The summed E-state index contributed by atoms with van der Waals surface area (Å²) in [6.45, 7) is 0. The van der Waals surface area contributed by atoms with Crippen LogP contribution in [0.25, 0.3) is 23.0 Å². The zero-order valence-corrected chi connectivity index (χ0v) is 11.2. The zero-order valence-electron chi connectivity index (χ0n) is 11.2. The molecule has 0 aliphatic rings. The summed E-state index contributed by atoms with van der Waals surface area (Å²) >= 11 is 0. The van der Waals surface area contributed by atoms with Crippen molar-refractivity contribution >= 4 is 5.82 Å². The average Bonchev–Trinajstić information content (AvgIpc) is 3.15. The maximum Gasteiger partial charge on any atom is 0.258 e. The lowest BCUT2D eigenvalue weighted by Crippen LogP contribution is -1.90. The Bertz CT molecular complexity index is 744. The van der Waals surface area contributed by atoms with Gasteiger partial charge in [0.05, 0.1) is 14.2 Å². The van der Waals surface area contributed by atoms with E-state index in [1.165, 1.54) is 0 Å². The zero-order chi connectivity index (χ0) is 14.8. The van der Waals surface area contributed by atoms with E-state index in [2.05, 4.69) is 25.1 Å². The number of rotatable bonds is 4. The third-order valence-corrected chi connectivity index (χ3v) is 2.75. The summed E-state index contributed by atoms with van der Waals surface area (Å²) in [5.41, 5.74) is 6.44. The highest BCUT2D eigenvalue weighted by Crippen LogP contribution is 2.30. The molecule has 2 N–H and O–H groups in total. The summed E-state index contributed by atoms with van der Waals surface area (Å²) in [4.78, 5) is 4.20. The quantitative estimate of drug-likeness (QED) is 0.758. The monoisotopic (exact) mass is 289 g/mol. The van der Waals surface area contributed by atoms with Crippen LogP contribution < -0.4 is 15.2 Å². The fraction of sp³-hybridized carbons (Fsp3) is 0.167. The Hall–Kier alpha value is -3.10. The van der Waals surface area contributed by atoms with E-state index in [0.29, 0.717) is 17.1 Å². The molecule has 108 valence electrons. The second kappa shape index (κ2) is 5.12. The van der Waals surface area contributed by atoms with Gasteiger partial charge in [0.25, 0.3) is 5.89 Å². The number of aromatic nitrogens is 4. The molecule has 0 saturated heterocycles. The minimum Gasteiger partial charge on any atom is -0.497 e. The van der Waals surface area contributed by atoms with Crippen molar-refractivity contribution < 1.29 is 18.6 Å². The van der Waals surface area contributed by atoms with Gasteiger partial charge in [-0.2, -0.15) is 4.98 Å². The van der Waals surface area contributed by atoms with E-state index in [0.717, 1.165) is 0 Å². The first kappa shape index (κ1) is 12.9.